The smallest absolute Gasteiger partial charge is 0.229 e. The van der Waals surface area contributed by atoms with E-state index in [9.17, 15) is 13.2 Å². The van der Waals surface area contributed by atoms with Gasteiger partial charge >= 0.3 is 0 Å². The summed E-state index contributed by atoms with van der Waals surface area (Å²) in [6.07, 6.45) is 1.19. The van der Waals surface area contributed by atoms with Gasteiger partial charge in [0.15, 0.2) is 11.6 Å². The van der Waals surface area contributed by atoms with Gasteiger partial charge in [-0.15, -0.1) is 10.2 Å². The number of hydrogen-bond donors (Lipinski definition) is 0. The van der Waals surface area contributed by atoms with E-state index in [2.05, 4.69) is 10.2 Å². The third-order valence-corrected chi connectivity index (χ3v) is 2.62. The summed E-state index contributed by atoms with van der Waals surface area (Å²) in [6.45, 7) is 1.88. The zero-order chi connectivity index (χ0) is 13.3. The van der Waals surface area contributed by atoms with Crippen LogP contribution < -0.4 is 0 Å². The highest BCUT2D eigenvalue weighted by atomic mass is 35.5. The number of rotatable bonds is 3. The number of aromatic nitrogens is 3. The summed E-state index contributed by atoms with van der Waals surface area (Å²) >= 11 is 5.77. The highest BCUT2D eigenvalue weighted by molar-refractivity contribution is 6.28. The monoisotopic (exact) mass is 275 g/mol. The predicted octanol–water partition coefficient (Wildman–Crippen LogP) is 3.29. The van der Waals surface area contributed by atoms with E-state index in [1.165, 1.54) is 0 Å². The maximum Gasteiger partial charge on any atom is 0.229 e. The van der Waals surface area contributed by atoms with Gasteiger partial charge in [-0.05, 0) is 18.0 Å². The minimum absolute atomic E-state index is 0.137. The minimum atomic E-state index is -1.28. The molecular formula is C11H9ClF3N3. The second-order valence-electron chi connectivity index (χ2n) is 3.69. The molecule has 0 unspecified atom stereocenters. The van der Waals surface area contributed by atoms with Crippen LogP contribution in [0.1, 0.15) is 19.2 Å². The van der Waals surface area contributed by atoms with Crippen LogP contribution in [0.5, 0.6) is 0 Å². The Bertz CT molecular complexity index is 583. The van der Waals surface area contributed by atoms with Gasteiger partial charge in [0, 0.05) is 18.6 Å². The molecule has 2 rings (SSSR count). The van der Waals surface area contributed by atoms with Crippen molar-refractivity contribution in [3.8, 4) is 5.69 Å². The maximum absolute atomic E-state index is 13.7. The van der Waals surface area contributed by atoms with E-state index < -0.39 is 17.5 Å². The quantitative estimate of drug-likeness (QED) is 0.805. The molecule has 0 atom stereocenters. The molecule has 96 valence electrons. The zero-order valence-corrected chi connectivity index (χ0v) is 10.2. The van der Waals surface area contributed by atoms with E-state index in [0.717, 1.165) is 10.6 Å². The van der Waals surface area contributed by atoms with E-state index in [-0.39, 0.29) is 11.0 Å². The van der Waals surface area contributed by atoms with Crippen LogP contribution in [0.25, 0.3) is 5.69 Å². The Morgan fingerprint density at radius 2 is 1.94 bits per heavy atom. The Labute approximate surface area is 106 Å². The molecule has 0 aliphatic carbocycles. The van der Waals surface area contributed by atoms with Crippen molar-refractivity contribution in [1.82, 2.24) is 14.8 Å². The molecule has 1 aromatic heterocycles. The third kappa shape index (κ3) is 2.20. The fourth-order valence-corrected chi connectivity index (χ4v) is 1.85. The van der Waals surface area contributed by atoms with Crippen molar-refractivity contribution in [1.29, 1.82) is 0 Å². The molecule has 1 aromatic carbocycles. The molecule has 0 spiro atoms. The van der Waals surface area contributed by atoms with Gasteiger partial charge in [-0.2, -0.15) is 0 Å². The van der Waals surface area contributed by atoms with Crippen LogP contribution in [0.4, 0.5) is 13.2 Å². The largest absolute Gasteiger partial charge is 0.267 e. The Morgan fingerprint density at radius 3 is 2.61 bits per heavy atom. The van der Waals surface area contributed by atoms with Gasteiger partial charge < -0.3 is 0 Å². The maximum atomic E-state index is 13.7. The fourth-order valence-electron chi connectivity index (χ4n) is 1.62. The van der Waals surface area contributed by atoms with Crippen molar-refractivity contribution in [3.05, 3.63) is 40.7 Å². The molecule has 0 N–H and O–H groups in total. The first-order valence-corrected chi connectivity index (χ1v) is 5.67. The molecule has 18 heavy (non-hydrogen) atoms. The Kier molecular flexibility index (Phi) is 3.56. The van der Waals surface area contributed by atoms with E-state index in [4.69, 9.17) is 11.6 Å². The summed E-state index contributed by atoms with van der Waals surface area (Å²) in [7, 11) is 0. The summed E-state index contributed by atoms with van der Waals surface area (Å²) in [6, 6.07) is 1.32. The molecule has 0 bridgehead atoms. The van der Waals surface area contributed by atoms with Crippen molar-refractivity contribution in [3.63, 3.8) is 0 Å². The number of halogens is 4. The number of benzene rings is 1. The summed E-state index contributed by atoms with van der Waals surface area (Å²) in [5, 5.41) is 7.19. The highest BCUT2D eigenvalue weighted by Gasteiger charge is 2.18. The zero-order valence-electron chi connectivity index (χ0n) is 9.42. The molecule has 0 amide bonds. The van der Waals surface area contributed by atoms with Gasteiger partial charge in [-0.3, -0.25) is 4.57 Å². The number of aryl methyl sites for hydroxylation is 1. The third-order valence-electron chi connectivity index (χ3n) is 2.38. The fraction of sp³-hybridized carbons (Fsp3) is 0.273. The van der Waals surface area contributed by atoms with Crippen LogP contribution in [0.3, 0.4) is 0 Å². The lowest BCUT2D eigenvalue weighted by atomic mass is 10.2. The molecule has 0 fully saturated rings. The van der Waals surface area contributed by atoms with Crippen molar-refractivity contribution in [2.45, 2.75) is 19.8 Å². The van der Waals surface area contributed by atoms with Crippen molar-refractivity contribution in [2.24, 2.45) is 0 Å². The summed E-state index contributed by atoms with van der Waals surface area (Å²) in [5.41, 5.74) is -0.328. The van der Waals surface area contributed by atoms with E-state index >= 15 is 0 Å². The average molecular weight is 276 g/mol. The van der Waals surface area contributed by atoms with Gasteiger partial charge in [0.05, 0.1) is 5.69 Å². The van der Waals surface area contributed by atoms with Gasteiger partial charge in [-0.1, -0.05) is 6.92 Å². The first-order chi connectivity index (χ1) is 8.54. The first kappa shape index (κ1) is 12.9. The second kappa shape index (κ2) is 4.97. The Hall–Kier alpha value is -1.56. The molecule has 0 radical (unpaired) electrons. The Morgan fingerprint density at radius 1 is 1.22 bits per heavy atom. The van der Waals surface area contributed by atoms with Gasteiger partial charge in [0.1, 0.15) is 11.6 Å². The highest BCUT2D eigenvalue weighted by Crippen LogP contribution is 2.23. The van der Waals surface area contributed by atoms with Crippen molar-refractivity contribution < 1.29 is 13.2 Å². The van der Waals surface area contributed by atoms with Crippen LogP contribution in [0, 0.1) is 17.5 Å². The molecule has 3 nitrogen and oxygen atoms in total. The molecule has 0 aliphatic heterocycles. The van der Waals surface area contributed by atoms with E-state index in [1.54, 1.807) is 0 Å². The molecule has 2 aromatic rings. The molecule has 1 heterocycles. The van der Waals surface area contributed by atoms with E-state index in [0.29, 0.717) is 24.7 Å². The van der Waals surface area contributed by atoms with Gasteiger partial charge in [0.25, 0.3) is 0 Å². The molecular weight excluding hydrogens is 267 g/mol. The SMILES string of the molecule is CCCc1nnc(Cl)n1-c1cc(F)cc(F)c1F. The van der Waals surface area contributed by atoms with E-state index in [1.807, 2.05) is 6.92 Å². The average Bonchev–Trinajstić information content (AvgIpc) is 2.66. The molecule has 0 saturated heterocycles. The number of hydrogen-bond acceptors (Lipinski definition) is 2. The van der Waals surface area contributed by atoms with Gasteiger partial charge in [0.2, 0.25) is 5.28 Å². The normalized spacial score (nSPS) is 10.9. The van der Waals surface area contributed by atoms with Crippen LogP contribution in [0.15, 0.2) is 12.1 Å². The molecule has 7 heteroatoms. The second-order valence-corrected chi connectivity index (χ2v) is 4.03. The Balaban J connectivity index is 2.64. The lowest BCUT2D eigenvalue weighted by molar-refractivity contribution is 0.489. The minimum Gasteiger partial charge on any atom is -0.267 e. The van der Waals surface area contributed by atoms with Gasteiger partial charge in [-0.25, -0.2) is 13.2 Å². The van der Waals surface area contributed by atoms with Crippen LogP contribution >= 0.6 is 11.6 Å². The van der Waals surface area contributed by atoms with Crippen molar-refractivity contribution >= 4 is 11.6 Å². The first-order valence-electron chi connectivity index (χ1n) is 5.29. The summed E-state index contributed by atoms with van der Waals surface area (Å²) in [5.74, 6) is -3.00. The van der Waals surface area contributed by atoms with Crippen LogP contribution in [-0.2, 0) is 6.42 Å². The van der Waals surface area contributed by atoms with Crippen LogP contribution in [-0.4, -0.2) is 14.8 Å². The number of nitrogens with zero attached hydrogens (tertiary/aromatic N) is 3. The molecule has 0 aliphatic rings. The molecule has 0 saturated carbocycles. The lowest BCUT2D eigenvalue weighted by Gasteiger charge is -2.09. The topological polar surface area (TPSA) is 30.7 Å². The van der Waals surface area contributed by atoms with Crippen molar-refractivity contribution in [2.75, 3.05) is 0 Å². The van der Waals surface area contributed by atoms with Crippen LogP contribution in [0.2, 0.25) is 5.28 Å². The summed E-state index contributed by atoms with van der Waals surface area (Å²) < 4.78 is 41.1. The summed E-state index contributed by atoms with van der Waals surface area (Å²) in [4.78, 5) is 0. The standard InChI is InChI=1S/C11H9ClF3N3/c1-2-3-9-16-17-11(12)18(9)8-5-6(13)4-7(14)10(8)15/h4-5H,2-3H2,1H3. The predicted molar refractivity (Wildman–Crippen MR) is 60.2 cm³/mol. The lowest BCUT2D eigenvalue weighted by Crippen LogP contribution is -2.06.